The molecular formula is C26H24Cl2N2O6. The van der Waals surface area contributed by atoms with Crippen LogP contribution in [0.1, 0.15) is 19.3 Å². The summed E-state index contributed by atoms with van der Waals surface area (Å²) in [5.41, 5.74) is 0.950. The Kier molecular flexibility index (Phi) is 9.97. The van der Waals surface area contributed by atoms with Gasteiger partial charge in [0.1, 0.15) is 5.75 Å². The summed E-state index contributed by atoms with van der Waals surface area (Å²) in [6, 6.07) is 18.8. The van der Waals surface area contributed by atoms with Gasteiger partial charge in [-0.3, -0.25) is 14.4 Å². The van der Waals surface area contributed by atoms with Gasteiger partial charge in [-0.15, -0.1) is 0 Å². The molecule has 0 aliphatic rings. The number of carbonyl (C=O) groups excluding carboxylic acids is 3. The predicted octanol–water partition coefficient (Wildman–Crippen LogP) is 6.09. The van der Waals surface area contributed by atoms with Gasteiger partial charge < -0.3 is 24.8 Å². The highest BCUT2D eigenvalue weighted by molar-refractivity contribution is 6.36. The maximum Gasteiger partial charge on any atom is 0.306 e. The van der Waals surface area contributed by atoms with Gasteiger partial charge >= 0.3 is 5.97 Å². The summed E-state index contributed by atoms with van der Waals surface area (Å²) in [5.74, 6) is 0.398. The Morgan fingerprint density at radius 2 is 1.56 bits per heavy atom. The van der Waals surface area contributed by atoms with Gasteiger partial charge in [0, 0.05) is 23.6 Å². The number of para-hydroxylation sites is 2. The lowest BCUT2D eigenvalue weighted by Crippen LogP contribution is -2.21. The Morgan fingerprint density at radius 3 is 2.25 bits per heavy atom. The second-order valence-electron chi connectivity index (χ2n) is 7.51. The van der Waals surface area contributed by atoms with E-state index in [1.807, 2.05) is 12.1 Å². The van der Waals surface area contributed by atoms with Crippen LogP contribution >= 0.6 is 23.2 Å². The molecule has 0 spiro atoms. The molecule has 0 atom stereocenters. The number of benzene rings is 3. The Morgan fingerprint density at radius 1 is 0.833 bits per heavy atom. The first-order valence-electron chi connectivity index (χ1n) is 11.0. The number of methoxy groups -OCH3 is 1. The molecule has 8 nitrogen and oxygen atoms in total. The van der Waals surface area contributed by atoms with Crippen LogP contribution in [0.4, 0.5) is 11.4 Å². The number of rotatable bonds is 11. The quantitative estimate of drug-likeness (QED) is 0.291. The molecule has 0 saturated carbocycles. The van der Waals surface area contributed by atoms with Crippen molar-refractivity contribution in [1.29, 1.82) is 0 Å². The molecule has 0 aliphatic carbocycles. The number of hydrogen-bond acceptors (Lipinski definition) is 6. The van der Waals surface area contributed by atoms with Gasteiger partial charge in [0.25, 0.3) is 5.91 Å². The highest BCUT2D eigenvalue weighted by Crippen LogP contribution is 2.31. The number of hydrogen-bond donors (Lipinski definition) is 2. The molecule has 2 N–H and O–H groups in total. The van der Waals surface area contributed by atoms with Crippen molar-refractivity contribution >= 4 is 52.4 Å². The molecule has 10 heteroatoms. The van der Waals surface area contributed by atoms with Crippen LogP contribution in [-0.4, -0.2) is 31.5 Å². The highest BCUT2D eigenvalue weighted by atomic mass is 35.5. The van der Waals surface area contributed by atoms with Gasteiger partial charge in [-0.05, 0) is 61.0 Å². The lowest BCUT2D eigenvalue weighted by molar-refractivity contribution is -0.147. The Hall–Kier alpha value is -3.75. The standard InChI is InChI=1S/C26H24Cl2N2O6/c1-34-22-5-2-3-6-23(22)36-19-12-10-18(11-13-19)29-24(31)7-4-8-26(33)35-16-25(32)30-21-14-9-17(27)15-20(21)28/h2-3,5-6,9-15H,4,7-8,16H2,1H3,(H,29,31)(H,30,32). The maximum absolute atomic E-state index is 12.2. The summed E-state index contributed by atoms with van der Waals surface area (Å²) in [4.78, 5) is 36.0. The van der Waals surface area contributed by atoms with Crippen LogP contribution in [0.25, 0.3) is 0 Å². The molecule has 188 valence electrons. The van der Waals surface area contributed by atoms with Crippen molar-refractivity contribution in [3.05, 3.63) is 76.8 Å². The molecule has 0 fully saturated rings. The van der Waals surface area contributed by atoms with Crippen LogP contribution in [-0.2, 0) is 19.1 Å². The minimum atomic E-state index is -0.585. The highest BCUT2D eigenvalue weighted by Gasteiger charge is 2.11. The number of nitrogens with one attached hydrogen (secondary N) is 2. The first-order valence-corrected chi connectivity index (χ1v) is 11.7. The summed E-state index contributed by atoms with van der Waals surface area (Å²) in [7, 11) is 1.57. The second kappa shape index (κ2) is 13.4. The fourth-order valence-corrected chi connectivity index (χ4v) is 3.50. The first-order chi connectivity index (χ1) is 17.3. The number of amides is 2. The lowest BCUT2D eigenvalue weighted by atomic mass is 10.2. The average Bonchev–Trinajstić information content (AvgIpc) is 2.86. The van der Waals surface area contributed by atoms with Crippen LogP contribution in [0.2, 0.25) is 10.0 Å². The summed E-state index contributed by atoms with van der Waals surface area (Å²) < 4.78 is 16.0. The molecule has 0 radical (unpaired) electrons. The van der Waals surface area contributed by atoms with Gasteiger partial charge in [-0.25, -0.2) is 0 Å². The van der Waals surface area contributed by atoms with Crippen molar-refractivity contribution < 1.29 is 28.6 Å². The third-order valence-corrected chi connectivity index (χ3v) is 5.34. The Bertz CT molecular complexity index is 1220. The van der Waals surface area contributed by atoms with Crippen LogP contribution < -0.4 is 20.1 Å². The molecule has 3 aromatic carbocycles. The summed E-state index contributed by atoms with van der Waals surface area (Å²) in [6.07, 6.45) is 0.375. The number of esters is 1. The van der Waals surface area contributed by atoms with Gasteiger partial charge in [-0.1, -0.05) is 35.3 Å². The molecular weight excluding hydrogens is 507 g/mol. The van der Waals surface area contributed by atoms with Gasteiger partial charge in [0.2, 0.25) is 5.91 Å². The van der Waals surface area contributed by atoms with Gasteiger partial charge in [0.05, 0.1) is 17.8 Å². The zero-order chi connectivity index (χ0) is 25.9. The lowest BCUT2D eigenvalue weighted by Gasteiger charge is -2.11. The smallest absolute Gasteiger partial charge is 0.306 e. The zero-order valence-corrected chi connectivity index (χ0v) is 20.9. The van der Waals surface area contributed by atoms with Crippen LogP contribution in [0.15, 0.2) is 66.7 Å². The van der Waals surface area contributed by atoms with E-state index in [0.29, 0.717) is 33.6 Å². The van der Waals surface area contributed by atoms with E-state index in [1.54, 1.807) is 55.6 Å². The van der Waals surface area contributed by atoms with Crippen LogP contribution in [0.3, 0.4) is 0 Å². The third-order valence-electron chi connectivity index (χ3n) is 4.79. The van der Waals surface area contributed by atoms with Crippen LogP contribution in [0.5, 0.6) is 17.2 Å². The van der Waals surface area contributed by atoms with Crippen molar-refractivity contribution in [3.8, 4) is 17.2 Å². The molecule has 0 saturated heterocycles. The van der Waals surface area contributed by atoms with E-state index in [2.05, 4.69) is 10.6 Å². The molecule has 0 bridgehead atoms. The van der Waals surface area contributed by atoms with Gasteiger partial charge in [0.15, 0.2) is 18.1 Å². The largest absolute Gasteiger partial charge is 0.493 e. The number of carbonyl (C=O) groups is 3. The topological polar surface area (TPSA) is 103 Å². The monoisotopic (exact) mass is 530 g/mol. The second-order valence-corrected chi connectivity index (χ2v) is 8.36. The Labute approximate surface area is 218 Å². The molecule has 0 unspecified atom stereocenters. The molecule has 0 aliphatic heterocycles. The molecule has 3 rings (SSSR count). The van der Waals surface area contributed by atoms with Crippen molar-refractivity contribution in [2.45, 2.75) is 19.3 Å². The zero-order valence-electron chi connectivity index (χ0n) is 19.4. The Balaban J connectivity index is 1.35. The fraction of sp³-hybridized carbons (Fsp3) is 0.192. The van der Waals surface area contributed by atoms with E-state index >= 15 is 0 Å². The fourth-order valence-electron chi connectivity index (χ4n) is 3.05. The van der Waals surface area contributed by atoms with Crippen LogP contribution in [0, 0.1) is 0 Å². The predicted molar refractivity (Wildman–Crippen MR) is 138 cm³/mol. The van der Waals surface area contributed by atoms with Crippen molar-refractivity contribution in [2.24, 2.45) is 0 Å². The number of halogens is 2. The van der Waals surface area contributed by atoms with E-state index in [-0.39, 0.29) is 30.2 Å². The first kappa shape index (κ1) is 26.8. The van der Waals surface area contributed by atoms with E-state index in [0.717, 1.165) is 0 Å². The van der Waals surface area contributed by atoms with E-state index in [1.165, 1.54) is 6.07 Å². The molecule has 2 amide bonds. The van der Waals surface area contributed by atoms with Crippen molar-refractivity contribution in [2.75, 3.05) is 24.4 Å². The maximum atomic E-state index is 12.2. The number of ether oxygens (including phenoxy) is 3. The SMILES string of the molecule is COc1ccccc1Oc1ccc(NC(=O)CCCC(=O)OCC(=O)Nc2ccc(Cl)cc2Cl)cc1. The van der Waals surface area contributed by atoms with Crippen molar-refractivity contribution in [3.63, 3.8) is 0 Å². The molecule has 0 aromatic heterocycles. The molecule has 36 heavy (non-hydrogen) atoms. The summed E-state index contributed by atoms with van der Waals surface area (Å²) in [6.45, 7) is -0.465. The molecule has 3 aromatic rings. The van der Waals surface area contributed by atoms with E-state index in [9.17, 15) is 14.4 Å². The third kappa shape index (κ3) is 8.48. The van der Waals surface area contributed by atoms with Gasteiger partial charge in [-0.2, -0.15) is 0 Å². The summed E-state index contributed by atoms with van der Waals surface area (Å²) >= 11 is 11.8. The minimum absolute atomic E-state index is 0.00587. The van der Waals surface area contributed by atoms with E-state index < -0.39 is 18.5 Å². The van der Waals surface area contributed by atoms with E-state index in [4.69, 9.17) is 37.4 Å². The minimum Gasteiger partial charge on any atom is -0.493 e. The average molecular weight is 531 g/mol. The normalized spacial score (nSPS) is 10.3. The van der Waals surface area contributed by atoms with Crippen molar-refractivity contribution in [1.82, 2.24) is 0 Å². The number of anilines is 2. The summed E-state index contributed by atoms with van der Waals surface area (Å²) in [5, 5.41) is 5.99. The molecule has 0 heterocycles.